The van der Waals surface area contributed by atoms with Crippen LogP contribution < -0.4 is 10.6 Å². The van der Waals surface area contributed by atoms with Gasteiger partial charge in [-0.3, -0.25) is 4.79 Å². The molecule has 2 aliphatic rings. The van der Waals surface area contributed by atoms with Gasteiger partial charge in [0.15, 0.2) is 0 Å². The van der Waals surface area contributed by atoms with E-state index in [-0.39, 0.29) is 5.91 Å². The number of likely N-dealkylation sites (N-methyl/N-ethyl adjacent to an activating group) is 1. The molecule has 2 saturated carbocycles. The molecule has 2 rings (SSSR count). The van der Waals surface area contributed by atoms with E-state index in [1.165, 1.54) is 25.7 Å². The van der Waals surface area contributed by atoms with Crippen LogP contribution in [-0.4, -0.2) is 25.5 Å². The summed E-state index contributed by atoms with van der Waals surface area (Å²) in [5, 5.41) is 6.11. The van der Waals surface area contributed by atoms with E-state index in [4.69, 9.17) is 0 Å². The maximum Gasteiger partial charge on any atom is 0.233 e. The van der Waals surface area contributed by atoms with Crippen molar-refractivity contribution in [2.45, 2.75) is 32.6 Å². The minimum absolute atomic E-state index is 0.128. The Morgan fingerprint density at radius 3 is 2.33 bits per heavy atom. The smallest absolute Gasteiger partial charge is 0.233 e. The number of carbonyl (C=O) groups excluding carboxylic acids is 1. The summed E-state index contributed by atoms with van der Waals surface area (Å²) in [7, 11) is 0. The van der Waals surface area contributed by atoms with Crippen molar-refractivity contribution in [1.82, 2.24) is 10.6 Å². The van der Waals surface area contributed by atoms with Gasteiger partial charge in [-0.05, 0) is 56.9 Å². The molecule has 0 aromatic rings. The molecule has 2 aliphatic carbocycles. The summed E-state index contributed by atoms with van der Waals surface area (Å²) in [5.74, 6) is 2.93. The fourth-order valence-corrected chi connectivity index (χ4v) is 2.38. The fraction of sp³-hybridized carbons (Fsp3) is 0.917. The van der Waals surface area contributed by atoms with E-state index in [2.05, 4.69) is 10.6 Å². The molecule has 15 heavy (non-hydrogen) atoms. The van der Waals surface area contributed by atoms with Crippen molar-refractivity contribution in [2.24, 2.45) is 17.8 Å². The predicted octanol–water partition coefficient (Wildman–Crippen LogP) is 1.15. The van der Waals surface area contributed by atoms with E-state index in [1.807, 2.05) is 6.92 Å². The van der Waals surface area contributed by atoms with Gasteiger partial charge in [0.2, 0.25) is 5.91 Å². The summed E-state index contributed by atoms with van der Waals surface area (Å²) >= 11 is 0. The number of hydrogen-bond donors (Lipinski definition) is 2. The van der Waals surface area contributed by atoms with Crippen molar-refractivity contribution in [2.75, 3.05) is 19.6 Å². The Balaban J connectivity index is 1.60. The lowest BCUT2D eigenvalue weighted by molar-refractivity contribution is -0.120. The molecule has 0 aromatic carbocycles. The molecule has 0 aliphatic heterocycles. The first-order valence-electron chi connectivity index (χ1n) is 6.28. The van der Waals surface area contributed by atoms with E-state index >= 15 is 0 Å². The summed E-state index contributed by atoms with van der Waals surface area (Å²) in [6.45, 7) is 4.22. The maximum atomic E-state index is 11.2. The molecule has 0 saturated heterocycles. The molecule has 0 spiro atoms. The second-order valence-corrected chi connectivity index (χ2v) is 4.92. The highest BCUT2D eigenvalue weighted by molar-refractivity contribution is 5.77. The van der Waals surface area contributed by atoms with Crippen molar-refractivity contribution in [3.63, 3.8) is 0 Å². The van der Waals surface area contributed by atoms with Gasteiger partial charge in [0, 0.05) is 6.54 Å². The Bertz CT molecular complexity index is 210. The van der Waals surface area contributed by atoms with Crippen molar-refractivity contribution in [3.8, 4) is 0 Å². The number of hydrogen-bond acceptors (Lipinski definition) is 2. The molecule has 0 heterocycles. The number of rotatable bonds is 7. The summed E-state index contributed by atoms with van der Waals surface area (Å²) in [6.07, 6.45) is 5.68. The lowest BCUT2D eigenvalue weighted by Gasteiger charge is -2.15. The highest BCUT2D eigenvalue weighted by Gasteiger charge is 2.40. The highest BCUT2D eigenvalue weighted by atomic mass is 16.1. The van der Waals surface area contributed by atoms with Crippen LogP contribution in [0, 0.1) is 17.8 Å². The normalized spacial score (nSPS) is 20.7. The molecule has 0 atom stereocenters. The van der Waals surface area contributed by atoms with Gasteiger partial charge in [-0.15, -0.1) is 0 Å². The Morgan fingerprint density at radius 2 is 1.87 bits per heavy atom. The Morgan fingerprint density at radius 1 is 1.27 bits per heavy atom. The first-order valence-corrected chi connectivity index (χ1v) is 6.28. The van der Waals surface area contributed by atoms with E-state index in [9.17, 15) is 4.79 Å². The zero-order valence-electron chi connectivity index (χ0n) is 9.59. The van der Waals surface area contributed by atoms with E-state index in [0.717, 1.165) is 30.8 Å². The summed E-state index contributed by atoms with van der Waals surface area (Å²) in [6, 6.07) is 0. The van der Waals surface area contributed by atoms with Crippen LogP contribution in [0.4, 0.5) is 0 Å². The zero-order valence-corrected chi connectivity index (χ0v) is 9.59. The monoisotopic (exact) mass is 210 g/mol. The molecule has 0 radical (unpaired) electrons. The zero-order chi connectivity index (χ0) is 10.7. The quantitative estimate of drug-likeness (QED) is 0.662. The Labute approximate surface area is 92.0 Å². The molecule has 0 aromatic heterocycles. The molecular formula is C12H22N2O. The van der Waals surface area contributed by atoms with Gasteiger partial charge in [0.1, 0.15) is 0 Å². The van der Waals surface area contributed by atoms with Gasteiger partial charge in [-0.2, -0.15) is 0 Å². The minimum Gasteiger partial charge on any atom is -0.355 e. The van der Waals surface area contributed by atoms with Crippen LogP contribution in [0.1, 0.15) is 32.6 Å². The molecule has 2 N–H and O–H groups in total. The third-order valence-electron chi connectivity index (χ3n) is 3.49. The van der Waals surface area contributed by atoms with Crippen molar-refractivity contribution < 1.29 is 4.79 Å². The Kier molecular flexibility index (Phi) is 3.62. The van der Waals surface area contributed by atoms with Crippen molar-refractivity contribution >= 4 is 5.91 Å². The van der Waals surface area contributed by atoms with E-state index in [0.29, 0.717) is 6.54 Å². The number of amides is 1. The average molecular weight is 210 g/mol. The molecule has 86 valence electrons. The first-order chi connectivity index (χ1) is 7.31. The van der Waals surface area contributed by atoms with Crippen LogP contribution in [0.15, 0.2) is 0 Å². The van der Waals surface area contributed by atoms with Gasteiger partial charge in [0.05, 0.1) is 6.54 Å². The number of carbonyl (C=O) groups is 1. The third kappa shape index (κ3) is 3.49. The van der Waals surface area contributed by atoms with Crippen LogP contribution >= 0.6 is 0 Å². The largest absolute Gasteiger partial charge is 0.355 e. The molecule has 0 bridgehead atoms. The summed E-state index contributed by atoms with van der Waals surface area (Å²) in [4.78, 5) is 11.2. The van der Waals surface area contributed by atoms with Gasteiger partial charge in [-0.1, -0.05) is 0 Å². The molecular weight excluding hydrogens is 188 g/mol. The van der Waals surface area contributed by atoms with Gasteiger partial charge in [0.25, 0.3) is 0 Å². The standard InChI is InChI=1S/C12H22N2O/c1-2-14-12(15)8-13-7-11(9-3-4-9)10-5-6-10/h9-11,13H,2-8H2,1H3,(H,14,15). The molecule has 1 amide bonds. The van der Waals surface area contributed by atoms with Gasteiger partial charge < -0.3 is 10.6 Å². The molecule has 3 nitrogen and oxygen atoms in total. The highest BCUT2D eigenvalue weighted by Crippen LogP contribution is 2.48. The van der Waals surface area contributed by atoms with Crippen LogP contribution in [-0.2, 0) is 4.79 Å². The minimum atomic E-state index is 0.128. The van der Waals surface area contributed by atoms with Gasteiger partial charge in [-0.25, -0.2) is 0 Å². The fourth-order valence-electron chi connectivity index (χ4n) is 2.38. The molecule has 0 unspecified atom stereocenters. The SMILES string of the molecule is CCNC(=O)CNCC(C1CC1)C1CC1. The Hall–Kier alpha value is -0.570. The van der Waals surface area contributed by atoms with Crippen LogP contribution in [0.25, 0.3) is 0 Å². The average Bonchev–Trinajstić information content (AvgIpc) is 3.03. The lowest BCUT2D eigenvalue weighted by atomic mass is 9.98. The van der Waals surface area contributed by atoms with Gasteiger partial charge >= 0.3 is 0 Å². The molecule has 2 fully saturated rings. The lowest BCUT2D eigenvalue weighted by Crippen LogP contribution is -2.36. The predicted molar refractivity (Wildman–Crippen MR) is 60.5 cm³/mol. The summed E-state index contributed by atoms with van der Waals surface area (Å²) < 4.78 is 0. The summed E-state index contributed by atoms with van der Waals surface area (Å²) in [5.41, 5.74) is 0. The van der Waals surface area contributed by atoms with Crippen molar-refractivity contribution in [1.29, 1.82) is 0 Å². The van der Waals surface area contributed by atoms with E-state index in [1.54, 1.807) is 0 Å². The molecule has 3 heteroatoms. The van der Waals surface area contributed by atoms with E-state index < -0.39 is 0 Å². The van der Waals surface area contributed by atoms with Crippen LogP contribution in [0.3, 0.4) is 0 Å². The second kappa shape index (κ2) is 4.97. The van der Waals surface area contributed by atoms with Crippen LogP contribution in [0.5, 0.6) is 0 Å². The topological polar surface area (TPSA) is 41.1 Å². The number of nitrogens with one attached hydrogen (secondary N) is 2. The van der Waals surface area contributed by atoms with Crippen LogP contribution in [0.2, 0.25) is 0 Å². The third-order valence-corrected chi connectivity index (χ3v) is 3.49. The maximum absolute atomic E-state index is 11.2. The first kappa shape index (κ1) is 10.9. The second-order valence-electron chi connectivity index (χ2n) is 4.92. The van der Waals surface area contributed by atoms with Crippen molar-refractivity contribution in [3.05, 3.63) is 0 Å².